The van der Waals surface area contributed by atoms with Crippen molar-refractivity contribution in [1.82, 2.24) is 10.2 Å². The number of carbonyl (C=O) groups is 2. The highest BCUT2D eigenvalue weighted by atomic mass is 16.5. The molecule has 5 nitrogen and oxygen atoms in total. The standard InChI is InChI=1S/C16H22N2O3/c1-21-11-7-3-6-10-18-14(19)12-17-16(20)15(18)13-8-4-2-5-9-13/h2,4-5,8-9,15H,3,6-7,10-12H2,1H3,(H,17,20). The Kier molecular flexibility index (Phi) is 5.75. The van der Waals surface area contributed by atoms with Crippen molar-refractivity contribution < 1.29 is 14.3 Å². The second kappa shape index (κ2) is 7.78. The zero-order valence-corrected chi connectivity index (χ0v) is 12.4. The number of nitrogens with zero attached hydrogens (tertiary/aromatic N) is 1. The molecule has 0 saturated carbocycles. The molecule has 1 heterocycles. The molecule has 1 aliphatic heterocycles. The van der Waals surface area contributed by atoms with Gasteiger partial charge in [0.25, 0.3) is 0 Å². The molecular weight excluding hydrogens is 268 g/mol. The van der Waals surface area contributed by atoms with E-state index in [1.165, 1.54) is 0 Å². The van der Waals surface area contributed by atoms with Crippen LogP contribution in [0.2, 0.25) is 0 Å². The first-order valence-electron chi connectivity index (χ1n) is 7.35. The Morgan fingerprint density at radius 2 is 1.95 bits per heavy atom. The minimum atomic E-state index is -0.505. The second-order valence-corrected chi connectivity index (χ2v) is 5.17. The van der Waals surface area contributed by atoms with Gasteiger partial charge in [0.05, 0.1) is 6.54 Å². The number of unbranched alkanes of at least 4 members (excludes halogenated alkanes) is 2. The minimum Gasteiger partial charge on any atom is -0.385 e. The Morgan fingerprint density at radius 1 is 1.19 bits per heavy atom. The molecule has 0 aliphatic carbocycles. The van der Waals surface area contributed by atoms with E-state index < -0.39 is 6.04 Å². The first-order valence-corrected chi connectivity index (χ1v) is 7.35. The highest BCUT2D eigenvalue weighted by molar-refractivity contribution is 5.95. The largest absolute Gasteiger partial charge is 0.385 e. The van der Waals surface area contributed by atoms with Crippen LogP contribution < -0.4 is 5.32 Å². The normalized spacial score (nSPS) is 18.7. The van der Waals surface area contributed by atoms with Crippen molar-refractivity contribution in [2.24, 2.45) is 0 Å². The molecule has 1 aliphatic rings. The number of hydrogen-bond donors (Lipinski definition) is 1. The van der Waals surface area contributed by atoms with Crippen LogP contribution in [0.4, 0.5) is 0 Å². The van der Waals surface area contributed by atoms with Crippen molar-refractivity contribution in [3.63, 3.8) is 0 Å². The zero-order chi connectivity index (χ0) is 15.1. The van der Waals surface area contributed by atoms with E-state index in [-0.39, 0.29) is 18.4 Å². The van der Waals surface area contributed by atoms with Crippen molar-refractivity contribution >= 4 is 11.8 Å². The van der Waals surface area contributed by atoms with E-state index >= 15 is 0 Å². The fourth-order valence-electron chi connectivity index (χ4n) is 2.57. The van der Waals surface area contributed by atoms with Gasteiger partial charge in [0, 0.05) is 20.3 Å². The molecule has 1 unspecified atom stereocenters. The molecule has 1 atom stereocenters. The van der Waals surface area contributed by atoms with Crippen LogP contribution in [0.3, 0.4) is 0 Å². The lowest BCUT2D eigenvalue weighted by Gasteiger charge is -2.35. The van der Waals surface area contributed by atoms with Crippen LogP contribution in [-0.4, -0.2) is 43.5 Å². The van der Waals surface area contributed by atoms with Gasteiger partial charge in [-0.2, -0.15) is 0 Å². The number of methoxy groups -OCH3 is 1. The van der Waals surface area contributed by atoms with Gasteiger partial charge in [-0.25, -0.2) is 0 Å². The molecule has 114 valence electrons. The van der Waals surface area contributed by atoms with Crippen LogP contribution >= 0.6 is 0 Å². The molecule has 1 aromatic carbocycles. The molecule has 2 rings (SSSR count). The summed E-state index contributed by atoms with van der Waals surface area (Å²) in [6, 6.07) is 8.95. The van der Waals surface area contributed by atoms with Gasteiger partial charge < -0.3 is 15.0 Å². The summed E-state index contributed by atoms with van der Waals surface area (Å²) in [6.07, 6.45) is 2.84. The third-order valence-electron chi connectivity index (χ3n) is 3.66. The van der Waals surface area contributed by atoms with E-state index in [0.717, 1.165) is 31.4 Å². The maximum atomic E-state index is 12.2. The van der Waals surface area contributed by atoms with Crippen LogP contribution in [0.5, 0.6) is 0 Å². The molecule has 0 bridgehead atoms. The lowest BCUT2D eigenvalue weighted by atomic mass is 10.0. The van der Waals surface area contributed by atoms with Gasteiger partial charge in [-0.3, -0.25) is 9.59 Å². The Balaban J connectivity index is 2.03. The highest BCUT2D eigenvalue weighted by Crippen LogP contribution is 2.24. The average molecular weight is 290 g/mol. The van der Waals surface area contributed by atoms with Gasteiger partial charge in [-0.05, 0) is 24.8 Å². The average Bonchev–Trinajstić information content (AvgIpc) is 2.51. The molecule has 0 spiro atoms. The Bertz CT molecular complexity index is 476. The summed E-state index contributed by atoms with van der Waals surface area (Å²) >= 11 is 0. The summed E-state index contributed by atoms with van der Waals surface area (Å²) in [5.41, 5.74) is 0.861. The summed E-state index contributed by atoms with van der Waals surface area (Å²) in [4.78, 5) is 26.0. The molecule has 0 aromatic heterocycles. The molecule has 5 heteroatoms. The van der Waals surface area contributed by atoms with E-state index in [1.54, 1.807) is 12.0 Å². The highest BCUT2D eigenvalue weighted by Gasteiger charge is 2.34. The minimum absolute atomic E-state index is 0.0183. The van der Waals surface area contributed by atoms with Crippen molar-refractivity contribution in [2.45, 2.75) is 25.3 Å². The number of carbonyl (C=O) groups excluding carboxylic acids is 2. The van der Waals surface area contributed by atoms with Gasteiger partial charge in [-0.1, -0.05) is 30.3 Å². The summed E-state index contributed by atoms with van der Waals surface area (Å²) in [7, 11) is 1.68. The van der Waals surface area contributed by atoms with Crippen molar-refractivity contribution in [3.8, 4) is 0 Å². The summed E-state index contributed by atoms with van der Waals surface area (Å²) in [5, 5.41) is 2.67. The van der Waals surface area contributed by atoms with Crippen molar-refractivity contribution in [3.05, 3.63) is 35.9 Å². The van der Waals surface area contributed by atoms with Gasteiger partial charge >= 0.3 is 0 Å². The van der Waals surface area contributed by atoms with Gasteiger partial charge in [0.2, 0.25) is 11.8 Å². The number of rotatable bonds is 7. The number of amides is 2. The van der Waals surface area contributed by atoms with Crippen LogP contribution in [0, 0.1) is 0 Å². The predicted molar refractivity (Wildman–Crippen MR) is 79.6 cm³/mol. The van der Waals surface area contributed by atoms with E-state index in [0.29, 0.717) is 6.54 Å². The fourth-order valence-corrected chi connectivity index (χ4v) is 2.57. The van der Waals surface area contributed by atoms with E-state index in [9.17, 15) is 9.59 Å². The van der Waals surface area contributed by atoms with E-state index in [4.69, 9.17) is 4.74 Å². The molecule has 1 fully saturated rings. The third kappa shape index (κ3) is 4.04. The van der Waals surface area contributed by atoms with Crippen LogP contribution in [-0.2, 0) is 14.3 Å². The molecule has 1 saturated heterocycles. The molecular formula is C16H22N2O3. The molecule has 2 amide bonds. The topological polar surface area (TPSA) is 58.6 Å². The molecule has 21 heavy (non-hydrogen) atoms. The second-order valence-electron chi connectivity index (χ2n) is 5.17. The smallest absolute Gasteiger partial charge is 0.247 e. The van der Waals surface area contributed by atoms with E-state index in [1.807, 2.05) is 30.3 Å². The van der Waals surface area contributed by atoms with Gasteiger partial charge in [0.1, 0.15) is 6.04 Å². The Labute approximate surface area is 125 Å². The predicted octanol–water partition coefficient (Wildman–Crippen LogP) is 1.50. The SMILES string of the molecule is COCCCCCN1C(=O)CNC(=O)C1c1ccccc1. The maximum Gasteiger partial charge on any atom is 0.247 e. The number of piperazine rings is 1. The van der Waals surface area contributed by atoms with Crippen LogP contribution in [0.15, 0.2) is 30.3 Å². The first kappa shape index (κ1) is 15.5. The lowest BCUT2D eigenvalue weighted by Crippen LogP contribution is -2.53. The molecule has 1 N–H and O–H groups in total. The van der Waals surface area contributed by atoms with Crippen LogP contribution in [0.25, 0.3) is 0 Å². The Hall–Kier alpha value is -1.88. The quantitative estimate of drug-likeness (QED) is 0.774. The number of benzene rings is 1. The summed E-state index contributed by atoms with van der Waals surface area (Å²) < 4.78 is 5.02. The summed E-state index contributed by atoms with van der Waals surface area (Å²) in [6.45, 7) is 1.44. The van der Waals surface area contributed by atoms with Gasteiger partial charge in [0.15, 0.2) is 0 Å². The van der Waals surface area contributed by atoms with Gasteiger partial charge in [-0.15, -0.1) is 0 Å². The van der Waals surface area contributed by atoms with Crippen molar-refractivity contribution in [1.29, 1.82) is 0 Å². The lowest BCUT2D eigenvalue weighted by molar-refractivity contribution is -0.146. The third-order valence-corrected chi connectivity index (χ3v) is 3.66. The zero-order valence-electron chi connectivity index (χ0n) is 12.4. The number of hydrogen-bond acceptors (Lipinski definition) is 3. The molecule has 0 radical (unpaired) electrons. The van der Waals surface area contributed by atoms with E-state index in [2.05, 4.69) is 5.32 Å². The summed E-state index contributed by atoms with van der Waals surface area (Å²) in [5.74, 6) is -0.118. The first-order chi connectivity index (χ1) is 10.2. The maximum absolute atomic E-state index is 12.2. The monoisotopic (exact) mass is 290 g/mol. The molecule has 1 aromatic rings. The number of ether oxygens (including phenoxy) is 1. The van der Waals surface area contributed by atoms with Crippen molar-refractivity contribution in [2.75, 3.05) is 26.8 Å². The fraction of sp³-hybridized carbons (Fsp3) is 0.500. The Morgan fingerprint density at radius 3 is 2.67 bits per heavy atom. The number of nitrogens with one attached hydrogen (secondary N) is 1. The van der Waals surface area contributed by atoms with Crippen LogP contribution in [0.1, 0.15) is 30.9 Å².